The number of thioether (sulfide) groups is 1. The van der Waals surface area contributed by atoms with E-state index in [9.17, 15) is 0 Å². The first-order chi connectivity index (χ1) is 10.5. The number of hydrogen-bond acceptors (Lipinski definition) is 4. The molecule has 2 fully saturated rings. The van der Waals surface area contributed by atoms with Crippen molar-refractivity contribution in [2.24, 2.45) is 5.92 Å². The van der Waals surface area contributed by atoms with Crippen LogP contribution in [0.4, 0.5) is 0 Å². The van der Waals surface area contributed by atoms with Gasteiger partial charge >= 0.3 is 0 Å². The summed E-state index contributed by atoms with van der Waals surface area (Å²) in [7, 11) is 0. The Kier molecular flexibility index (Phi) is 5.20. The van der Waals surface area contributed by atoms with Crippen LogP contribution >= 0.6 is 58.8 Å². The van der Waals surface area contributed by atoms with Crippen LogP contribution < -0.4 is 9.47 Å². The molecule has 2 aliphatic rings. The van der Waals surface area contributed by atoms with Crippen LogP contribution in [0.25, 0.3) is 0 Å². The van der Waals surface area contributed by atoms with Gasteiger partial charge in [0.25, 0.3) is 5.17 Å². The zero-order valence-electron chi connectivity index (χ0n) is 11.6. The first kappa shape index (κ1) is 16.8. The molecule has 0 amide bonds. The van der Waals surface area contributed by atoms with Crippen LogP contribution in [0, 0.1) is 5.92 Å². The molecule has 1 unspecified atom stereocenters. The second kappa shape index (κ2) is 6.81. The standard InChI is InChI=1S/C14H14Cl3NO2S2/c15-11-2-1-10(20-13(21)18-3-4-22-8-18)5-12(11)19-7-9-6-14(9,16)17/h1-2,5,9H,3-4,6-8H2. The first-order valence-electron chi connectivity index (χ1n) is 6.80. The van der Waals surface area contributed by atoms with Gasteiger partial charge in [-0.1, -0.05) is 11.6 Å². The zero-order chi connectivity index (χ0) is 15.7. The van der Waals surface area contributed by atoms with E-state index in [-0.39, 0.29) is 5.92 Å². The second-order valence-electron chi connectivity index (χ2n) is 5.23. The largest absolute Gasteiger partial charge is 0.491 e. The molecular weight excluding hydrogens is 385 g/mol. The van der Waals surface area contributed by atoms with Gasteiger partial charge in [0.2, 0.25) is 0 Å². The van der Waals surface area contributed by atoms with Gasteiger partial charge in [-0.25, -0.2) is 0 Å². The molecule has 0 aromatic heterocycles. The number of ether oxygens (including phenoxy) is 2. The molecule has 0 N–H and O–H groups in total. The lowest BCUT2D eigenvalue weighted by Crippen LogP contribution is -2.30. The predicted octanol–water partition coefficient (Wildman–Crippen LogP) is 4.58. The molecule has 1 atom stereocenters. The molecule has 0 spiro atoms. The van der Waals surface area contributed by atoms with Gasteiger partial charge in [-0.05, 0) is 30.8 Å². The molecule has 1 saturated carbocycles. The third-order valence-corrected chi connectivity index (χ3v) is 6.06. The van der Waals surface area contributed by atoms with E-state index >= 15 is 0 Å². The summed E-state index contributed by atoms with van der Waals surface area (Å²) in [6, 6.07) is 5.24. The van der Waals surface area contributed by atoms with Crippen molar-refractivity contribution in [1.82, 2.24) is 4.90 Å². The fourth-order valence-electron chi connectivity index (χ4n) is 2.02. The predicted molar refractivity (Wildman–Crippen MR) is 96.7 cm³/mol. The van der Waals surface area contributed by atoms with Gasteiger partial charge in [-0.2, -0.15) is 0 Å². The zero-order valence-corrected chi connectivity index (χ0v) is 15.5. The summed E-state index contributed by atoms with van der Waals surface area (Å²) in [6.07, 6.45) is 0.737. The van der Waals surface area contributed by atoms with Gasteiger partial charge in [-0.3, -0.25) is 0 Å². The summed E-state index contributed by atoms with van der Waals surface area (Å²) in [5, 5.41) is 0.992. The molecular formula is C14H14Cl3NO2S2. The molecule has 22 heavy (non-hydrogen) atoms. The van der Waals surface area contributed by atoms with Crippen molar-refractivity contribution in [2.75, 3.05) is 24.8 Å². The molecule has 1 aliphatic heterocycles. The minimum Gasteiger partial charge on any atom is -0.491 e. The maximum Gasteiger partial charge on any atom is 0.265 e. The average molecular weight is 399 g/mol. The Bertz CT molecular complexity index is 579. The van der Waals surface area contributed by atoms with E-state index in [1.807, 2.05) is 16.7 Å². The van der Waals surface area contributed by atoms with Crippen LogP contribution in [-0.4, -0.2) is 39.2 Å². The molecule has 1 heterocycles. The van der Waals surface area contributed by atoms with Crippen LogP contribution in [0.5, 0.6) is 11.5 Å². The quantitative estimate of drug-likeness (QED) is 0.545. The van der Waals surface area contributed by atoms with E-state index in [1.165, 1.54) is 0 Å². The smallest absolute Gasteiger partial charge is 0.265 e. The third-order valence-electron chi connectivity index (χ3n) is 3.51. The lowest BCUT2D eigenvalue weighted by Gasteiger charge is -2.18. The van der Waals surface area contributed by atoms with Crippen molar-refractivity contribution in [2.45, 2.75) is 10.8 Å². The minimum atomic E-state index is -0.657. The van der Waals surface area contributed by atoms with Crippen LogP contribution in [0.2, 0.25) is 5.02 Å². The second-order valence-corrected chi connectivity index (χ2v) is 8.61. The van der Waals surface area contributed by atoms with E-state index in [0.29, 0.717) is 28.3 Å². The van der Waals surface area contributed by atoms with Crippen LogP contribution in [0.3, 0.4) is 0 Å². The number of hydrogen-bond donors (Lipinski definition) is 0. The van der Waals surface area contributed by atoms with Crippen molar-refractivity contribution in [3.8, 4) is 11.5 Å². The highest BCUT2D eigenvalue weighted by Gasteiger charge is 2.52. The molecule has 1 aromatic rings. The maximum absolute atomic E-state index is 6.14. The number of alkyl halides is 2. The Hall–Kier alpha value is -0.0700. The highest BCUT2D eigenvalue weighted by atomic mass is 35.5. The van der Waals surface area contributed by atoms with Crippen molar-refractivity contribution < 1.29 is 9.47 Å². The Morgan fingerprint density at radius 2 is 2.23 bits per heavy atom. The Labute approximate surface area is 154 Å². The van der Waals surface area contributed by atoms with E-state index in [2.05, 4.69) is 0 Å². The molecule has 120 valence electrons. The van der Waals surface area contributed by atoms with Crippen molar-refractivity contribution in [1.29, 1.82) is 0 Å². The van der Waals surface area contributed by atoms with Gasteiger partial charge in [0.1, 0.15) is 15.8 Å². The Morgan fingerprint density at radius 3 is 2.86 bits per heavy atom. The highest BCUT2D eigenvalue weighted by Crippen LogP contribution is 2.53. The average Bonchev–Trinajstić information content (AvgIpc) is 2.91. The van der Waals surface area contributed by atoms with Crippen molar-refractivity contribution in [3.63, 3.8) is 0 Å². The van der Waals surface area contributed by atoms with Gasteiger partial charge in [0, 0.05) is 24.3 Å². The molecule has 1 aliphatic carbocycles. The Morgan fingerprint density at radius 1 is 1.45 bits per heavy atom. The molecule has 0 radical (unpaired) electrons. The van der Waals surface area contributed by atoms with Gasteiger partial charge < -0.3 is 14.4 Å². The first-order valence-corrected chi connectivity index (χ1v) is 9.50. The SMILES string of the molecule is S=C(Oc1ccc(Cl)c(OCC2CC2(Cl)Cl)c1)N1CCSC1. The number of nitrogens with zero attached hydrogens (tertiary/aromatic N) is 1. The van der Waals surface area contributed by atoms with Crippen LogP contribution in [0.15, 0.2) is 18.2 Å². The summed E-state index contributed by atoms with van der Waals surface area (Å²) in [5.41, 5.74) is 0. The topological polar surface area (TPSA) is 21.7 Å². The maximum atomic E-state index is 6.14. The lowest BCUT2D eigenvalue weighted by molar-refractivity contribution is 0.297. The Balaban J connectivity index is 1.60. The molecule has 8 heteroatoms. The van der Waals surface area contributed by atoms with Gasteiger partial charge in [0.05, 0.1) is 17.5 Å². The molecule has 1 saturated heterocycles. The summed E-state index contributed by atoms with van der Waals surface area (Å²) in [5.74, 6) is 3.23. The molecule has 3 rings (SSSR count). The normalized spacial score (nSPS) is 22.5. The monoisotopic (exact) mass is 397 g/mol. The fraction of sp³-hybridized carbons (Fsp3) is 0.500. The third kappa shape index (κ3) is 4.06. The number of thiocarbonyl (C=S) groups is 1. The van der Waals surface area contributed by atoms with Crippen LogP contribution in [-0.2, 0) is 0 Å². The number of benzene rings is 1. The summed E-state index contributed by atoms with van der Waals surface area (Å²) < 4.78 is 10.8. The number of halogens is 3. The van der Waals surface area contributed by atoms with E-state index < -0.39 is 4.33 Å². The summed E-state index contributed by atoms with van der Waals surface area (Å²) in [4.78, 5) is 2.02. The fourth-order valence-corrected chi connectivity index (χ4v) is 3.97. The minimum absolute atomic E-state index is 0.138. The van der Waals surface area contributed by atoms with Gasteiger partial charge in [-0.15, -0.1) is 35.0 Å². The summed E-state index contributed by atoms with van der Waals surface area (Å²) >= 11 is 25.3. The highest BCUT2D eigenvalue weighted by molar-refractivity contribution is 7.99. The number of rotatable bonds is 4. The van der Waals surface area contributed by atoms with Crippen molar-refractivity contribution >= 4 is 64.0 Å². The van der Waals surface area contributed by atoms with E-state index in [4.69, 9.17) is 56.5 Å². The van der Waals surface area contributed by atoms with E-state index in [1.54, 1.807) is 18.2 Å². The van der Waals surface area contributed by atoms with Crippen molar-refractivity contribution in [3.05, 3.63) is 23.2 Å². The van der Waals surface area contributed by atoms with Crippen LogP contribution in [0.1, 0.15) is 6.42 Å². The van der Waals surface area contributed by atoms with Gasteiger partial charge in [0.15, 0.2) is 0 Å². The summed E-state index contributed by atoms with van der Waals surface area (Å²) in [6.45, 7) is 1.35. The molecule has 0 bridgehead atoms. The molecule has 3 nitrogen and oxygen atoms in total. The lowest BCUT2D eigenvalue weighted by atomic mass is 10.3. The van der Waals surface area contributed by atoms with E-state index in [0.717, 1.165) is 24.6 Å². The molecule has 1 aromatic carbocycles.